The first-order valence-corrected chi connectivity index (χ1v) is 8.84. The fraction of sp³-hybridized carbons (Fsp3) is 0.765. The fourth-order valence-electron chi connectivity index (χ4n) is 3.51. The maximum atomic E-state index is 4.87. The summed E-state index contributed by atoms with van der Waals surface area (Å²) in [6, 6.07) is 0. The van der Waals surface area contributed by atoms with Crippen LogP contribution in [0.4, 0.5) is 5.95 Å². The second kappa shape index (κ2) is 7.38. The molecule has 0 aliphatic carbocycles. The summed E-state index contributed by atoms with van der Waals surface area (Å²) in [5, 5.41) is 0. The standard InChI is InChI=1S/C17H29N5/c1-3-6-20-9-11-22(12-10-20)17-18-13-15-14-21(7-4-2)8-5-16(15)19-17/h13H,3-12,14H2,1-2H3. The summed E-state index contributed by atoms with van der Waals surface area (Å²) in [4.78, 5) is 16.9. The molecule has 0 bridgehead atoms. The lowest BCUT2D eigenvalue weighted by Crippen LogP contribution is -2.47. The van der Waals surface area contributed by atoms with Crippen molar-refractivity contribution in [2.45, 2.75) is 39.7 Å². The molecule has 0 saturated carbocycles. The Bertz CT molecular complexity index is 482. The van der Waals surface area contributed by atoms with E-state index >= 15 is 0 Å². The molecule has 0 amide bonds. The highest BCUT2D eigenvalue weighted by Gasteiger charge is 2.22. The first-order chi connectivity index (χ1) is 10.8. The highest BCUT2D eigenvalue weighted by atomic mass is 15.3. The summed E-state index contributed by atoms with van der Waals surface area (Å²) in [7, 11) is 0. The Morgan fingerprint density at radius 3 is 2.41 bits per heavy atom. The van der Waals surface area contributed by atoms with E-state index in [1.54, 1.807) is 0 Å². The highest BCUT2D eigenvalue weighted by molar-refractivity contribution is 5.35. The summed E-state index contributed by atoms with van der Waals surface area (Å²) in [6.07, 6.45) is 5.60. The Morgan fingerprint density at radius 2 is 1.68 bits per heavy atom. The van der Waals surface area contributed by atoms with Gasteiger partial charge < -0.3 is 4.90 Å². The third-order valence-electron chi connectivity index (χ3n) is 4.74. The normalized spacial score (nSPS) is 20.2. The van der Waals surface area contributed by atoms with Crippen LogP contribution in [0, 0.1) is 0 Å². The lowest BCUT2D eigenvalue weighted by molar-refractivity contribution is 0.250. The van der Waals surface area contributed by atoms with Gasteiger partial charge in [-0.15, -0.1) is 0 Å². The summed E-state index contributed by atoms with van der Waals surface area (Å²) in [5.41, 5.74) is 2.60. The number of anilines is 1. The fourth-order valence-corrected chi connectivity index (χ4v) is 3.51. The Labute approximate surface area is 134 Å². The third-order valence-corrected chi connectivity index (χ3v) is 4.74. The SMILES string of the molecule is CCCN1CCN(c2ncc3c(n2)CCN(CCC)C3)CC1. The third kappa shape index (κ3) is 3.58. The molecule has 0 spiro atoms. The van der Waals surface area contributed by atoms with Gasteiger partial charge in [0.25, 0.3) is 0 Å². The highest BCUT2D eigenvalue weighted by Crippen LogP contribution is 2.20. The van der Waals surface area contributed by atoms with Gasteiger partial charge in [-0.1, -0.05) is 13.8 Å². The van der Waals surface area contributed by atoms with E-state index in [-0.39, 0.29) is 0 Å². The van der Waals surface area contributed by atoms with E-state index in [0.717, 1.165) is 51.6 Å². The topological polar surface area (TPSA) is 35.5 Å². The van der Waals surface area contributed by atoms with Crippen molar-refractivity contribution >= 4 is 5.95 Å². The largest absolute Gasteiger partial charge is 0.338 e. The van der Waals surface area contributed by atoms with E-state index in [1.807, 2.05) is 0 Å². The van der Waals surface area contributed by atoms with E-state index in [4.69, 9.17) is 4.98 Å². The Balaban J connectivity index is 1.62. The van der Waals surface area contributed by atoms with E-state index < -0.39 is 0 Å². The number of hydrogen-bond donors (Lipinski definition) is 0. The minimum atomic E-state index is 0.943. The van der Waals surface area contributed by atoms with E-state index in [1.165, 1.54) is 37.2 Å². The zero-order valence-corrected chi connectivity index (χ0v) is 14.1. The number of aromatic nitrogens is 2. The summed E-state index contributed by atoms with van der Waals surface area (Å²) >= 11 is 0. The molecule has 22 heavy (non-hydrogen) atoms. The van der Waals surface area contributed by atoms with E-state index in [9.17, 15) is 0 Å². The van der Waals surface area contributed by atoms with Crippen LogP contribution >= 0.6 is 0 Å². The van der Waals surface area contributed by atoms with Crippen molar-refractivity contribution in [3.05, 3.63) is 17.5 Å². The molecule has 0 aromatic carbocycles. The summed E-state index contributed by atoms with van der Waals surface area (Å²) in [5.74, 6) is 0.943. The lowest BCUT2D eigenvalue weighted by Gasteiger charge is -2.35. The molecule has 1 saturated heterocycles. The molecule has 1 aromatic heterocycles. The Hall–Kier alpha value is -1.20. The average Bonchev–Trinajstić information content (AvgIpc) is 2.56. The van der Waals surface area contributed by atoms with Gasteiger partial charge in [-0.3, -0.25) is 9.80 Å². The van der Waals surface area contributed by atoms with E-state index in [0.29, 0.717) is 0 Å². The smallest absolute Gasteiger partial charge is 0.225 e. The van der Waals surface area contributed by atoms with Gasteiger partial charge in [0.1, 0.15) is 0 Å². The minimum absolute atomic E-state index is 0.943. The molecule has 0 atom stereocenters. The van der Waals surface area contributed by atoms with Gasteiger partial charge in [0.15, 0.2) is 0 Å². The molecular formula is C17H29N5. The van der Waals surface area contributed by atoms with Gasteiger partial charge in [0.05, 0.1) is 5.69 Å². The number of rotatable bonds is 5. The van der Waals surface area contributed by atoms with Crippen LogP contribution in [-0.4, -0.2) is 65.6 Å². The van der Waals surface area contributed by atoms with Crippen molar-refractivity contribution in [3.8, 4) is 0 Å². The molecule has 2 aliphatic heterocycles. The first-order valence-electron chi connectivity index (χ1n) is 8.84. The average molecular weight is 303 g/mol. The van der Waals surface area contributed by atoms with Gasteiger partial charge in [0, 0.05) is 57.4 Å². The molecule has 0 unspecified atom stereocenters. The molecule has 3 rings (SSSR count). The molecule has 5 heteroatoms. The van der Waals surface area contributed by atoms with Crippen molar-refractivity contribution in [1.82, 2.24) is 19.8 Å². The number of piperazine rings is 1. The van der Waals surface area contributed by atoms with Crippen LogP contribution in [0.2, 0.25) is 0 Å². The molecule has 122 valence electrons. The molecule has 5 nitrogen and oxygen atoms in total. The van der Waals surface area contributed by atoms with Gasteiger partial charge in [-0.05, 0) is 25.9 Å². The molecule has 1 aromatic rings. The second-order valence-corrected chi connectivity index (χ2v) is 6.50. The molecule has 0 radical (unpaired) electrons. The maximum absolute atomic E-state index is 4.87. The molecular weight excluding hydrogens is 274 g/mol. The predicted octanol–water partition coefficient (Wildman–Crippen LogP) is 1.78. The minimum Gasteiger partial charge on any atom is -0.338 e. The number of fused-ring (bicyclic) bond motifs is 1. The van der Waals surface area contributed by atoms with Crippen LogP contribution in [0.1, 0.15) is 37.9 Å². The summed E-state index contributed by atoms with van der Waals surface area (Å²) in [6.45, 7) is 13.4. The van der Waals surface area contributed by atoms with Crippen LogP contribution in [0.25, 0.3) is 0 Å². The predicted molar refractivity (Wildman–Crippen MR) is 90.2 cm³/mol. The van der Waals surface area contributed by atoms with Crippen LogP contribution in [-0.2, 0) is 13.0 Å². The van der Waals surface area contributed by atoms with E-state index in [2.05, 4.69) is 39.7 Å². The first kappa shape index (κ1) is 15.7. The quantitative estimate of drug-likeness (QED) is 0.828. The number of nitrogens with zero attached hydrogens (tertiary/aromatic N) is 5. The van der Waals surface area contributed by atoms with Gasteiger partial charge in [0.2, 0.25) is 5.95 Å². The Kier molecular flexibility index (Phi) is 5.26. The molecule has 1 fully saturated rings. The van der Waals surface area contributed by atoms with Crippen molar-refractivity contribution in [2.24, 2.45) is 0 Å². The zero-order chi connectivity index (χ0) is 15.4. The van der Waals surface area contributed by atoms with Crippen molar-refractivity contribution < 1.29 is 0 Å². The molecule has 3 heterocycles. The monoisotopic (exact) mass is 303 g/mol. The Morgan fingerprint density at radius 1 is 0.955 bits per heavy atom. The van der Waals surface area contributed by atoms with Gasteiger partial charge in [-0.2, -0.15) is 0 Å². The van der Waals surface area contributed by atoms with Crippen molar-refractivity contribution in [3.63, 3.8) is 0 Å². The van der Waals surface area contributed by atoms with Gasteiger partial charge in [-0.25, -0.2) is 9.97 Å². The maximum Gasteiger partial charge on any atom is 0.225 e. The van der Waals surface area contributed by atoms with Gasteiger partial charge >= 0.3 is 0 Å². The van der Waals surface area contributed by atoms with Crippen LogP contribution in [0.15, 0.2) is 6.20 Å². The van der Waals surface area contributed by atoms with Crippen molar-refractivity contribution in [1.29, 1.82) is 0 Å². The van der Waals surface area contributed by atoms with Crippen molar-refractivity contribution in [2.75, 3.05) is 50.7 Å². The van der Waals surface area contributed by atoms with Crippen LogP contribution in [0.3, 0.4) is 0 Å². The molecule has 2 aliphatic rings. The van der Waals surface area contributed by atoms with Crippen LogP contribution < -0.4 is 4.90 Å². The number of hydrogen-bond acceptors (Lipinski definition) is 5. The van der Waals surface area contributed by atoms with Crippen LogP contribution in [0.5, 0.6) is 0 Å². The second-order valence-electron chi connectivity index (χ2n) is 6.50. The zero-order valence-electron chi connectivity index (χ0n) is 14.1. The molecule has 0 N–H and O–H groups in total. The lowest BCUT2D eigenvalue weighted by atomic mass is 10.1. The summed E-state index contributed by atoms with van der Waals surface area (Å²) < 4.78 is 0.